The van der Waals surface area contributed by atoms with E-state index in [0.717, 1.165) is 30.4 Å². The highest BCUT2D eigenvalue weighted by Gasteiger charge is 2.13. The van der Waals surface area contributed by atoms with Crippen LogP contribution in [0.1, 0.15) is 18.4 Å². The van der Waals surface area contributed by atoms with Crippen LogP contribution in [-0.4, -0.2) is 24.0 Å². The standard InChI is InChI=1S/C20H18N2O3S/c23-19(24)18(26-20-21-16-5-1-2-6-17(16)25-20)13-14-7-9-15(10-8-14)22-11-3-4-12-22/h1-2,5-10,13H,3-4,11-12H2,(H,23,24)/p-1/b18-13+. The predicted molar refractivity (Wildman–Crippen MR) is 101 cm³/mol. The van der Waals surface area contributed by atoms with Crippen molar-refractivity contribution in [3.8, 4) is 0 Å². The molecule has 26 heavy (non-hydrogen) atoms. The molecule has 3 aromatic rings. The van der Waals surface area contributed by atoms with Gasteiger partial charge >= 0.3 is 0 Å². The summed E-state index contributed by atoms with van der Waals surface area (Å²) in [4.78, 5) is 18.2. The summed E-state index contributed by atoms with van der Waals surface area (Å²) in [6, 6.07) is 15.2. The van der Waals surface area contributed by atoms with E-state index in [-0.39, 0.29) is 10.1 Å². The van der Waals surface area contributed by atoms with Crippen LogP contribution in [-0.2, 0) is 4.79 Å². The number of nitrogens with zero attached hydrogens (tertiary/aromatic N) is 2. The molecule has 1 fully saturated rings. The predicted octanol–water partition coefficient (Wildman–Crippen LogP) is 3.31. The van der Waals surface area contributed by atoms with Crippen molar-refractivity contribution in [3.05, 3.63) is 59.0 Å². The number of para-hydroxylation sites is 2. The topological polar surface area (TPSA) is 69.4 Å². The van der Waals surface area contributed by atoms with E-state index in [1.54, 1.807) is 12.1 Å². The Morgan fingerprint density at radius 1 is 1.12 bits per heavy atom. The first-order valence-electron chi connectivity index (χ1n) is 8.50. The van der Waals surface area contributed by atoms with Crippen LogP contribution in [0.3, 0.4) is 0 Å². The second kappa shape index (κ2) is 7.25. The molecule has 1 aliphatic rings. The van der Waals surface area contributed by atoms with Crippen LogP contribution in [0.4, 0.5) is 5.69 Å². The molecule has 4 rings (SSSR count). The monoisotopic (exact) mass is 365 g/mol. The Morgan fingerprint density at radius 3 is 2.54 bits per heavy atom. The Balaban J connectivity index is 1.56. The SMILES string of the molecule is O=C([O-])/C(=C\c1ccc(N2CCCC2)cc1)Sc1nc2ccccc2o1. The number of anilines is 1. The van der Waals surface area contributed by atoms with Crippen molar-refractivity contribution in [2.75, 3.05) is 18.0 Å². The van der Waals surface area contributed by atoms with Crippen LogP contribution in [0.15, 0.2) is 63.1 Å². The van der Waals surface area contributed by atoms with Gasteiger partial charge in [0.1, 0.15) is 5.52 Å². The van der Waals surface area contributed by atoms with Gasteiger partial charge in [0.15, 0.2) is 5.58 Å². The molecule has 1 aromatic heterocycles. The number of rotatable bonds is 5. The molecule has 1 aliphatic heterocycles. The number of carboxylic acids is 1. The maximum absolute atomic E-state index is 11.5. The fourth-order valence-corrected chi connectivity index (χ4v) is 3.77. The summed E-state index contributed by atoms with van der Waals surface area (Å²) in [5, 5.41) is 11.8. The molecule has 0 aliphatic carbocycles. The number of aromatic nitrogens is 1. The summed E-state index contributed by atoms with van der Waals surface area (Å²) in [6.45, 7) is 2.15. The zero-order valence-electron chi connectivity index (χ0n) is 14.1. The molecule has 132 valence electrons. The second-order valence-corrected chi connectivity index (χ2v) is 7.12. The minimum atomic E-state index is -1.25. The van der Waals surface area contributed by atoms with Gasteiger partial charge in [-0.1, -0.05) is 24.3 Å². The number of carbonyl (C=O) groups excluding carboxylic acids is 1. The van der Waals surface area contributed by atoms with E-state index in [1.165, 1.54) is 18.5 Å². The number of thioether (sulfide) groups is 1. The number of hydrogen-bond acceptors (Lipinski definition) is 6. The Morgan fingerprint density at radius 2 is 1.85 bits per heavy atom. The highest BCUT2D eigenvalue weighted by molar-refractivity contribution is 8.03. The molecular formula is C20H17N2O3S-. The van der Waals surface area contributed by atoms with Gasteiger partial charge in [-0.25, -0.2) is 4.98 Å². The van der Waals surface area contributed by atoms with E-state index in [0.29, 0.717) is 11.1 Å². The van der Waals surface area contributed by atoms with Crippen LogP contribution in [0.5, 0.6) is 0 Å². The molecule has 1 saturated heterocycles. The van der Waals surface area contributed by atoms with Crippen molar-refractivity contribution in [2.24, 2.45) is 0 Å². The van der Waals surface area contributed by atoms with E-state index in [1.807, 2.05) is 42.5 Å². The van der Waals surface area contributed by atoms with Gasteiger partial charge in [0.25, 0.3) is 5.22 Å². The lowest BCUT2D eigenvalue weighted by Gasteiger charge is -2.17. The summed E-state index contributed by atoms with van der Waals surface area (Å²) in [6.07, 6.45) is 4.03. The fraction of sp³-hybridized carbons (Fsp3) is 0.200. The molecule has 5 nitrogen and oxygen atoms in total. The van der Waals surface area contributed by atoms with E-state index in [2.05, 4.69) is 9.88 Å². The number of carbonyl (C=O) groups is 1. The largest absolute Gasteiger partial charge is 0.544 e. The van der Waals surface area contributed by atoms with E-state index in [4.69, 9.17) is 4.42 Å². The van der Waals surface area contributed by atoms with Gasteiger partial charge in [-0.05, 0) is 60.5 Å². The lowest BCUT2D eigenvalue weighted by atomic mass is 10.2. The maximum atomic E-state index is 11.5. The molecule has 0 radical (unpaired) electrons. The fourth-order valence-electron chi connectivity index (χ4n) is 3.03. The number of aliphatic carboxylic acids is 1. The number of hydrogen-bond donors (Lipinski definition) is 0. The third-order valence-electron chi connectivity index (χ3n) is 4.33. The number of carboxylic acid groups (broad SMARTS) is 1. The molecule has 0 N–H and O–H groups in total. The molecule has 0 atom stereocenters. The molecule has 0 unspecified atom stereocenters. The van der Waals surface area contributed by atoms with Gasteiger partial charge in [-0.15, -0.1) is 0 Å². The van der Waals surface area contributed by atoms with Crippen molar-refractivity contribution in [3.63, 3.8) is 0 Å². The normalized spacial score (nSPS) is 14.9. The summed E-state index contributed by atoms with van der Waals surface area (Å²) in [5.74, 6) is -1.25. The van der Waals surface area contributed by atoms with Crippen LogP contribution in [0, 0.1) is 0 Å². The van der Waals surface area contributed by atoms with Gasteiger partial charge in [0, 0.05) is 23.7 Å². The average molecular weight is 365 g/mol. The third-order valence-corrected chi connectivity index (χ3v) is 5.19. The van der Waals surface area contributed by atoms with Gasteiger partial charge in [-0.2, -0.15) is 0 Å². The van der Waals surface area contributed by atoms with Gasteiger partial charge in [0.05, 0.1) is 5.97 Å². The summed E-state index contributed by atoms with van der Waals surface area (Å²) in [7, 11) is 0. The molecule has 0 amide bonds. The molecule has 0 spiro atoms. The highest BCUT2D eigenvalue weighted by atomic mass is 32.2. The molecule has 2 heterocycles. The Bertz CT molecular complexity index is 924. The zero-order valence-corrected chi connectivity index (χ0v) is 14.9. The summed E-state index contributed by atoms with van der Waals surface area (Å²) >= 11 is 0.958. The Hall–Kier alpha value is -2.73. The van der Waals surface area contributed by atoms with E-state index in [9.17, 15) is 9.90 Å². The van der Waals surface area contributed by atoms with Crippen molar-refractivity contribution in [1.29, 1.82) is 0 Å². The number of fused-ring (bicyclic) bond motifs is 1. The zero-order chi connectivity index (χ0) is 17.9. The Labute approximate surface area is 155 Å². The quantitative estimate of drug-likeness (QED) is 0.510. The minimum Gasteiger partial charge on any atom is -0.544 e. The molecular weight excluding hydrogens is 348 g/mol. The van der Waals surface area contributed by atoms with E-state index < -0.39 is 5.97 Å². The summed E-state index contributed by atoms with van der Waals surface area (Å²) in [5.41, 5.74) is 3.29. The van der Waals surface area contributed by atoms with Gasteiger partial charge in [-0.3, -0.25) is 0 Å². The van der Waals surface area contributed by atoms with Crippen LogP contribution in [0.25, 0.3) is 17.2 Å². The first-order valence-corrected chi connectivity index (χ1v) is 9.32. The highest BCUT2D eigenvalue weighted by Crippen LogP contribution is 2.30. The number of benzene rings is 2. The molecule has 0 bridgehead atoms. The first-order chi connectivity index (χ1) is 12.7. The van der Waals surface area contributed by atoms with Gasteiger partial charge in [0.2, 0.25) is 0 Å². The Kier molecular flexibility index (Phi) is 4.67. The van der Waals surface area contributed by atoms with Crippen LogP contribution in [0.2, 0.25) is 0 Å². The van der Waals surface area contributed by atoms with Crippen LogP contribution < -0.4 is 10.0 Å². The number of oxazole rings is 1. The summed E-state index contributed by atoms with van der Waals surface area (Å²) < 4.78 is 5.59. The van der Waals surface area contributed by atoms with Crippen LogP contribution >= 0.6 is 11.8 Å². The smallest absolute Gasteiger partial charge is 0.261 e. The molecule has 0 saturated carbocycles. The molecule has 6 heteroatoms. The van der Waals surface area contributed by atoms with Crippen molar-refractivity contribution in [1.82, 2.24) is 4.98 Å². The third kappa shape index (κ3) is 3.60. The van der Waals surface area contributed by atoms with Gasteiger partial charge < -0.3 is 19.2 Å². The lowest BCUT2D eigenvalue weighted by molar-refractivity contribution is -0.298. The molecule has 2 aromatic carbocycles. The van der Waals surface area contributed by atoms with Crippen molar-refractivity contribution < 1.29 is 14.3 Å². The van der Waals surface area contributed by atoms with Crippen molar-refractivity contribution >= 4 is 40.6 Å². The van der Waals surface area contributed by atoms with Crippen molar-refractivity contribution in [2.45, 2.75) is 18.1 Å². The second-order valence-electron chi connectivity index (χ2n) is 6.13. The lowest BCUT2D eigenvalue weighted by Crippen LogP contribution is -2.23. The maximum Gasteiger partial charge on any atom is 0.261 e. The van der Waals surface area contributed by atoms with E-state index >= 15 is 0 Å². The first kappa shape index (κ1) is 16.7. The minimum absolute atomic E-state index is 0.0606. The average Bonchev–Trinajstić information content (AvgIpc) is 3.31.